The Kier molecular flexibility index (Phi) is 12.0. The van der Waals surface area contributed by atoms with Crippen LogP contribution in [0, 0.1) is 0 Å². The first kappa shape index (κ1) is 16.8. The molecule has 0 heterocycles. The van der Waals surface area contributed by atoms with Crippen molar-refractivity contribution in [3.05, 3.63) is 0 Å². The van der Waals surface area contributed by atoms with Gasteiger partial charge in [-0.3, -0.25) is 9.18 Å². The van der Waals surface area contributed by atoms with Crippen molar-refractivity contribution < 1.29 is 13.9 Å². The molecule has 0 rings (SSSR count). The monoisotopic (exact) mass is 264 g/mol. The van der Waals surface area contributed by atoms with E-state index in [-0.39, 0.29) is 17.9 Å². The molecular weight excluding hydrogens is 239 g/mol. The van der Waals surface area contributed by atoms with Gasteiger partial charge < -0.3 is 4.74 Å². The Morgan fingerprint density at radius 2 is 2.00 bits per heavy atom. The third-order valence-electron chi connectivity index (χ3n) is 2.38. The Bertz CT molecular complexity index is 188. The maximum absolute atomic E-state index is 11.9. The summed E-state index contributed by atoms with van der Waals surface area (Å²) in [7, 11) is 0. The fourth-order valence-corrected chi connectivity index (χ4v) is 2.57. The molecular formula is C13H25FO2S. The second-order valence-electron chi connectivity index (χ2n) is 4.07. The lowest BCUT2D eigenvalue weighted by atomic mass is 10.2. The van der Waals surface area contributed by atoms with Crippen LogP contribution in [0.2, 0.25) is 0 Å². The normalized spacial score (nSPS) is 12.4. The van der Waals surface area contributed by atoms with E-state index in [1.807, 2.05) is 6.92 Å². The maximum atomic E-state index is 11.9. The van der Waals surface area contributed by atoms with E-state index in [4.69, 9.17) is 4.74 Å². The van der Waals surface area contributed by atoms with Gasteiger partial charge >= 0.3 is 5.97 Å². The summed E-state index contributed by atoms with van der Waals surface area (Å²) >= 11 is 1.62. The predicted octanol–water partition coefficient (Wildman–Crippen LogP) is 3.98. The van der Waals surface area contributed by atoms with Gasteiger partial charge in [0.15, 0.2) is 0 Å². The molecule has 0 aromatic carbocycles. The number of esters is 1. The van der Waals surface area contributed by atoms with Gasteiger partial charge in [0.2, 0.25) is 0 Å². The number of ether oxygens (including phenoxy) is 1. The van der Waals surface area contributed by atoms with E-state index in [0.717, 1.165) is 37.9 Å². The standard InChI is InChI=1S/C13H25FO2S/c1-3-5-8-12(13(15)16-10-4-2)17-11-7-6-9-14/h12H,3-11H2,1-2H3. The van der Waals surface area contributed by atoms with Crippen molar-refractivity contribution in [1.29, 1.82) is 0 Å². The number of halogens is 1. The zero-order chi connectivity index (χ0) is 12.9. The first-order valence-electron chi connectivity index (χ1n) is 6.60. The van der Waals surface area contributed by atoms with Crippen molar-refractivity contribution in [2.75, 3.05) is 19.0 Å². The minimum absolute atomic E-state index is 0.0545. The minimum Gasteiger partial charge on any atom is -0.465 e. The van der Waals surface area contributed by atoms with Gasteiger partial charge in [0, 0.05) is 0 Å². The largest absolute Gasteiger partial charge is 0.465 e. The van der Waals surface area contributed by atoms with E-state index < -0.39 is 0 Å². The summed E-state index contributed by atoms with van der Waals surface area (Å²) in [5.41, 5.74) is 0. The highest BCUT2D eigenvalue weighted by molar-refractivity contribution is 8.00. The number of rotatable bonds is 11. The molecule has 102 valence electrons. The van der Waals surface area contributed by atoms with Crippen LogP contribution in [-0.4, -0.2) is 30.3 Å². The van der Waals surface area contributed by atoms with E-state index in [9.17, 15) is 9.18 Å². The summed E-state index contributed by atoms with van der Waals surface area (Å²) in [6.45, 7) is 4.35. The molecule has 0 aromatic rings. The van der Waals surface area contributed by atoms with Crippen LogP contribution in [0.5, 0.6) is 0 Å². The van der Waals surface area contributed by atoms with Gasteiger partial charge in [-0.1, -0.05) is 26.7 Å². The molecule has 4 heteroatoms. The average Bonchev–Trinajstić information content (AvgIpc) is 2.35. The molecule has 0 amide bonds. The average molecular weight is 264 g/mol. The lowest BCUT2D eigenvalue weighted by Crippen LogP contribution is -2.21. The summed E-state index contributed by atoms with van der Waals surface area (Å²) in [6.07, 6.45) is 5.30. The molecule has 0 fully saturated rings. The van der Waals surface area contributed by atoms with Gasteiger partial charge in [-0.15, -0.1) is 11.8 Å². The van der Waals surface area contributed by atoms with Crippen LogP contribution in [0.1, 0.15) is 52.4 Å². The van der Waals surface area contributed by atoms with Crippen LogP contribution in [0.4, 0.5) is 4.39 Å². The Hall–Kier alpha value is -0.250. The van der Waals surface area contributed by atoms with Crippen LogP contribution in [0.3, 0.4) is 0 Å². The van der Waals surface area contributed by atoms with Crippen LogP contribution in [0.25, 0.3) is 0 Å². The number of hydrogen-bond acceptors (Lipinski definition) is 3. The lowest BCUT2D eigenvalue weighted by molar-refractivity contribution is -0.143. The molecule has 0 bridgehead atoms. The highest BCUT2D eigenvalue weighted by Crippen LogP contribution is 2.20. The maximum Gasteiger partial charge on any atom is 0.319 e. The third-order valence-corrected chi connectivity index (χ3v) is 3.73. The summed E-state index contributed by atoms with van der Waals surface area (Å²) < 4.78 is 17.1. The number of hydrogen-bond donors (Lipinski definition) is 0. The zero-order valence-corrected chi connectivity index (χ0v) is 11.9. The summed E-state index contributed by atoms with van der Waals surface area (Å²) in [4.78, 5) is 11.8. The predicted molar refractivity (Wildman–Crippen MR) is 72.2 cm³/mol. The van der Waals surface area contributed by atoms with Crippen LogP contribution < -0.4 is 0 Å². The minimum atomic E-state index is -0.263. The number of alkyl halides is 1. The van der Waals surface area contributed by atoms with Crippen molar-refractivity contribution in [3.8, 4) is 0 Å². The fraction of sp³-hybridized carbons (Fsp3) is 0.923. The molecule has 17 heavy (non-hydrogen) atoms. The molecule has 1 atom stereocenters. The SMILES string of the molecule is CCCCC(SCCCCF)C(=O)OCCC. The molecule has 2 nitrogen and oxygen atoms in total. The topological polar surface area (TPSA) is 26.3 Å². The van der Waals surface area contributed by atoms with E-state index in [2.05, 4.69) is 6.92 Å². The van der Waals surface area contributed by atoms with E-state index in [0.29, 0.717) is 13.0 Å². The molecule has 1 unspecified atom stereocenters. The summed E-state index contributed by atoms with van der Waals surface area (Å²) in [5, 5.41) is -0.0545. The first-order chi connectivity index (χ1) is 8.26. The van der Waals surface area contributed by atoms with Crippen molar-refractivity contribution in [2.45, 2.75) is 57.6 Å². The molecule has 0 N–H and O–H groups in total. The number of unbranched alkanes of at least 4 members (excludes halogenated alkanes) is 2. The molecule has 0 aromatic heterocycles. The molecule has 0 aliphatic heterocycles. The third kappa shape index (κ3) is 9.45. The Labute approximate surface area is 109 Å². The van der Waals surface area contributed by atoms with Crippen LogP contribution >= 0.6 is 11.8 Å². The first-order valence-corrected chi connectivity index (χ1v) is 7.65. The van der Waals surface area contributed by atoms with Gasteiger partial charge in [-0.05, 0) is 31.4 Å². The smallest absolute Gasteiger partial charge is 0.319 e. The van der Waals surface area contributed by atoms with Crippen LogP contribution in [0.15, 0.2) is 0 Å². The Balaban J connectivity index is 3.89. The Morgan fingerprint density at radius 1 is 1.24 bits per heavy atom. The van der Waals surface area contributed by atoms with Gasteiger partial charge in [0.05, 0.1) is 13.3 Å². The highest BCUT2D eigenvalue weighted by atomic mass is 32.2. The lowest BCUT2D eigenvalue weighted by Gasteiger charge is -2.15. The summed E-state index contributed by atoms with van der Waals surface area (Å²) in [5.74, 6) is 0.755. The molecule has 0 aliphatic carbocycles. The number of thioether (sulfide) groups is 1. The van der Waals surface area contributed by atoms with Gasteiger partial charge in [0.25, 0.3) is 0 Å². The number of carbonyl (C=O) groups excluding carboxylic acids is 1. The quantitative estimate of drug-likeness (QED) is 0.417. The number of carbonyl (C=O) groups is 1. The summed E-state index contributed by atoms with van der Waals surface area (Å²) in [6, 6.07) is 0. The van der Waals surface area contributed by atoms with Crippen molar-refractivity contribution in [1.82, 2.24) is 0 Å². The second-order valence-corrected chi connectivity index (χ2v) is 5.38. The second kappa shape index (κ2) is 12.2. The van der Waals surface area contributed by atoms with Gasteiger partial charge in [-0.25, -0.2) is 0 Å². The fourth-order valence-electron chi connectivity index (χ4n) is 1.38. The Morgan fingerprint density at radius 3 is 2.59 bits per heavy atom. The molecule has 0 radical (unpaired) electrons. The van der Waals surface area contributed by atoms with Crippen LogP contribution in [-0.2, 0) is 9.53 Å². The molecule has 0 spiro atoms. The molecule has 0 saturated carbocycles. The van der Waals surface area contributed by atoms with E-state index in [1.54, 1.807) is 11.8 Å². The highest BCUT2D eigenvalue weighted by Gasteiger charge is 2.19. The molecule has 0 aliphatic rings. The van der Waals surface area contributed by atoms with Crippen molar-refractivity contribution in [3.63, 3.8) is 0 Å². The van der Waals surface area contributed by atoms with E-state index in [1.165, 1.54) is 0 Å². The van der Waals surface area contributed by atoms with Crippen molar-refractivity contribution >= 4 is 17.7 Å². The molecule has 0 saturated heterocycles. The van der Waals surface area contributed by atoms with Crippen molar-refractivity contribution in [2.24, 2.45) is 0 Å². The van der Waals surface area contributed by atoms with Gasteiger partial charge in [0.1, 0.15) is 5.25 Å². The van der Waals surface area contributed by atoms with Gasteiger partial charge in [-0.2, -0.15) is 0 Å². The zero-order valence-electron chi connectivity index (χ0n) is 11.0. The van der Waals surface area contributed by atoms with E-state index >= 15 is 0 Å².